The second kappa shape index (κ2) is 6.42. The van der Waals surface area contributed by atoms with Gasteiger partial charge in [0.1, 0.15) is 0 Å². The average molecular weight is 337 g/mol. The van der Waals surface area contributed by atoms with Crippen molar-refractivity contribution < 1.29 is 40.6 Å². The molecule has 0 amide bonds. The molecule has 0 heterocycles. The molecule has 10 heteroatoms. The van der Waals surface area contributed by atoms with Crippen LogP contribution in [-0.4, -0.2) is 24.4 Å². The summed E-state index contributed by atoms with van der Waals surface area (Å²) in [7, 11) is 0. The Kier molecular flexibility index (Phi) is 5.32. The van der Waals surface area contributed by atoms with Crippen LogP contribution in [0.4, 0.5) is 26.3 Å². The summed E-state index contributed by atoms with van der Waals surface area (Å²) in [5.41, 5.74) is -0.274. The van der Waals surface area contributed by atoms with Crippen LogP contribution in [0.3, 0.4) is 0 Å². The summed E-state index contributed by atoms with van der Waals surface area (Å²) in [5.74, 6) is -3.20. The summed E-state index contributed by atoms with van der Waals surface area (Å²) in [6.45, 7) is 0. The van der Waals surface area contributed by atoms with E-state index in [1.54, 1.807) is 0 Å². The topological polar surface area (TPSA) is 35.5 Å². The van der Waals surface area contributed by atoms with Crippen LogP contribution in [0, 0.1) is 0 Å². The maximum Gasteiger partial charge on any atom is 0.573 e. The van der Waals surface area contributed by atoms with Gasteiger partial charge < -0.3 is 9.47 Å². The molecule has 0 bridgehead atoms. The van der Waals surface area contributed by atoms with E-state index in [2.05, 4.69) is 9.47 Å². The van der Waals surface area contributed by atoms with E-state index in [0.717, 1.165) is 6.07 Å². The number of ether oxygens (including phenoxy) is 2. The first kappa shape index (κ1) is 17.4. The molecule has 0 fully saturated rings. The van der Waals surface area contributed by atoms with Crippen LogP contribution in [0.5, 0.6) is 11.5 Å². The number of rotatable bonds is 5. The summed E-state index contributed by atoms with van der Waals surface area (Å²) in [5, 5.41) is 0. The molecule has 0 aliphatic rings. The number of hydrogen-bond donors (Lipinski definition) is 0. The number of Topliss-reactive ketones (excluding diaryl/α,β-unsaturated/α-hetero) is 1. The Bertz CT molecular complexity index is 512. The lowest BCUT2D eigenvalue weighted by atomic mass is 10.1. The smallest absolute Gasteiger partial charge is 0.402 e. The fraction of sp³-hybridized carbons (Fsp3) is 0.364. The number of carbonyl (C=O) groups is 1. The van der Waals surface area contributed by atoms with Gasteiger partial charge in [0.25, 0.3) is 0 Å². The van der Waals surface area contributed by atoms with Gasteiger partial charge >= 0.3 is 12.7 Å². The van der Waals surface area contributed by atoms with Crippen molar-refractivity contribution >= 4 is 17.4 Å². The van der Waals surface area contributed by atoms with Gasteiger partial charge in [0.2, 0.25) is 0 Å². The first-order chi connectivity index (χ1) is 9.52. The Labute approximate surface area is 119 Å². The summed E-state index contributed by atoms with van der Waals surface area (Å²) in [4.78, 5) is 11.5. The van der Waals surface area contributed by atoms with E-state index < -0.39 is 30.0 Å². The fourth-order valence-electron chi connectivity index (χ4n) is 1.33. The van der Waals surface area contributed by atoms with Gasteiger partial charge in [-0.1, -0.05) is 0 Å². The van der Waals surface area contributed by atoms with Gasteiger partial charge in [-0.05, 0) is 18.2 Å². The van der Waals surface area contributed by atoms with Gasteiger partial charge in [-0.15, -0.1) is 37.9 Å². The van der Waals surface area contributed by atoms with Gasteiger partial charge in [0.15, 0.2) is 17.3 Å². The predicted octanol–water partition coefficient (Wildman–Crippen LogP) is 4.30. The zero-order chi connectivity index (χ0) is 16.3. The maximum atomic E-state index is 12.2. The first-order valence-electron chi connectivity index (χ1n) is 5.26. The van der Waals surface area contributed by atoms with E-state index in [-0.39, 0.29) is 17.9 Å². The third-order valence-corrected chi connectivity index (χ3v) is 2.23. The zero-order valence-electron chi connectivity index (χ0n) is 10.0. The molecule has 0 spiro atoms. The summed E-state index contributed by atoms with van der Waals surface area (Å²) in [6, 6.07) is 1.97. The van der Waals surface area contributed by atoms with Crippen molar-refractivity contribution in [2.75, 3.05) is 5.88 Å². The molecule has 0 unspecified atom stereocenters. The number of hydrogen-bond acceptors (Lipinski definition) is 3. The Morgan fingerprint density at radius 3 is 2.00 bits per heavy atom. The van der Waals surface area contributed by atoms with Crippen LogP contribution in [0.25, 0.3) is 0 Å². The standard InChI is InChI=1S/C11H7ClF6O3/c12-4-3-7(19)6-1-2-8(20-10(13,14)15)9(5-6)21-11(16,17)18/h1-2,5H,3-4H2. The molecule has 118 valence electrons. The van der Waals surface area contributed by atoms with Crippen molar-refractivity contribution in [3.63, 3.8) is 0 Å². The lowest BCUT2D eigenvalue weighted by Crippen LogP contribution is -2.21. The van der Waals surface area contributed by atoms with Gasteiger partial charge in [-0.2, -0.15) is 0 Å². The highest BCUT2D eigenvalue weighted by molar-refractivity contribution is 6.19. The van der Waals surface area contributed by atoms with Crippen LogP contribution in [0.1, 0.15) is 16.8 Å². The van der Waals surface area contributed by atoms with Crippen LogP contribution in [0.2, 0.25) is 0 Å². The van der Waals surface area contributed by atoms with Crippen molar-refractivity contribution in [2.24, 2.45) is 0 Å². The first-order valence-corrected chi connectivity index (χ1v) is 5.80. The second-order valence-corrected chi connectivity index (χ2v) is 4.00. The highest BCUT2D eigenvalue weighted by Crippen LogP contribution is 2.36. The minimum absolute atomic E-state index is 0.0882. The Morgan fingerprint density at radius 1 is 1.00 bits per heavy atom. The van der Waals surface area contributed by atoms with Crippen molar-refractivity contribution in [1.29, 1.82) is 0 Å². The predicted molar refractivity (Wildman–Crippen MR) is 59.5 cm³/mol. The van der Waals surface area contributed by atoms with E-state index in [9.17, 15) is 31.1 Å². The largest absolute Gasteiger partial charge is 0.573 e. The maximum absolute atomic E-state index is 12.2. The van der Waals surface area contributed by atoms with Crippen LogP contribution >= 0.6 is 11.6 Å². The lowest BCUT2D eigenvalue weighted by molar-refractivity contribution is -0.287. The van der Waals surface area contributed by atoms with Gasteiger partial charge in [0, 0.05) is 17.9 Å². The van der Waals surface area contributed by atoms with Crippen LogP contribution in [-0.2, 0) is 0 Å². The number of benzene rings is 1. The Hall–Kier alpha value is -1.64. The van der Waals surface area contributed by atoms with Gasteiger partial charge in [-0.3, -0.25) is 4.79 Å². The Balaban J connectivity index is 3.16. The minimum atomic E-state index is -5.24. The third-order valence-electron chi connectivity index (χ3n) is 2.04. The van der Waals surface area contributed by atoms with E-state index in [0.29, 0.717) is 12.1 Å². The molecule has 21 heavy (non-hydrogen) atoms. The summed E-state index contributed by atoms with van der Waals surface area (Å²) >= 11 is 5.31. The molecule has 0 atom stereocenters. The molecule has 0 aliphatic heterocycles. The number of halogens is 7. The number of ketones is 1. The summed E-state index contributed by atoms with van der Waals surface area (Å²) < 4.78 is 79.6. The van der Waals surface area contributed by atoms with Crippen molar-refractivity contribution in [3.05, 3.63) is 23.8 Å². The highest BCUT2D eigenvalue weighted by Gasteiger charge is 2.36. The molecule has 0 saturated carbocycles. The molecule has 0 saturated heterocycles. The molecular weight excluding hydrogens is 330 g/mol. The highest BCUT2D eigenvalue weighted by atomic mass is 35.5. The molecule has 3 nitrogen and oxygen atoms in total. The molecular formula is C11H7ClF6O3. The molecule has 0 aromatic heterocycles. The van der Waals surface area contributed by atoms with Crippen molar-refractivity contribution in [3.8, 4) is 11.5 Å². The van der Waals surface area contributed by atoms with Crippen molar-refractivity contribution in [2.45, 2.75) is 19.1 Å². The average Bonchev–Trinajstić information content (AvgIpc) is 2.28. The van der Waals surface area contributed by atoms with Crippen LogP contribution in [0.15, 0.2) is 18.2 Å². The monoisotopic (exact) mass is 336 g/mol. The molecule has 1 aromatic rings. The SMILES string of the molecule is O=C(CCCl)c1ccc(OC(F)(F)F)c(OC(F)(F)F)c1. The van der Waals surface area contributed by atoms with Crippen molar-refractivity contribution in [1.82, 2.24) is 0 Å². The molecule has 0 aliphatic carbocycles. The Morgan fingerprint density at radius 2 is 1.52 bits per heavy atom. The molecule has 0 N–H and O–H groups in total. The molecule has 1 aromatic carbocycles. The van der Waals surface area contributed by atoms with E-state index in [1.165, 1.54) is 0 Å². The number of carbonyl (C=O) groups excluding carboxylic acids is 1. The molecule has 0 radical (unpaired) electrons. The quantitative estimate of drug-likeness (QED) is 0.457. The third kappa shape index (κ3) is 6.11. The van der Waals surface area contributed by atoms with Gasteiger partial charge in [0.05, 0.1) is 0 Å². The lowest BCUT2D eigenvalue weighted by Gasteiger charge is -2.16. The van der Waals surface area contributed by atoms with E-state index >= 15 is 0 Å². The van der Waals surface area contributed by atoms with Gasteiger partial charge in [-0.25, -0.2) is 0 Å². The van der Waals surface area contributed by atoms with Crippen LogP contribution < -0.4 is 9.47 Å². The normalized spacial score (nSPS) is 12.1. The number of alkyl halides is 7. The minimum Gasteiger partial charge on any atom is -0.402 e. The fourth-order valence-corrected chi connectivity index (χ4v) is 1.50. The summed E-state index contributed by atoms with van der Waals surface area (Å²) in [6.07, 6.45) is -10.6. The second-order valence-electron chi connectivity index (χ2n) is 3.62. The van der Waals surface area contributed by atoms with E-state index in [4.69, 9.17) is 11.6 Å². The zero-order valence-corrected chi connectivity index (χ0v) is 10.8. The van der Waals surface area contributed by atoms with E-state index in [1.807, 2.05) is 0 Å². The molecule has 1 rings (SSSR count).